The lowest BCUT2D eigenvalue weighted by Crippen LogP contribution is -2.44. The first kappa shape index (κ1) is 20.4. The summed E-state index contributed by atoms with van der Waals surface area (Å²) >= 11 is 0. The Morgan fingerprint density at radius 2 is 1.84 bits per heavy atom. The van der Waals surface area contributed by atoms with Gasteiger partial charge in [0.2, 0.25) is 0 Å². The van der Waals surface area contributed by atoms with Crippen LogP contribution in [0, 0.1) is 0 Å². The van der Waals surface area contributed by atoms with Crippen molar-refractivity contribution in [2.45, 2.75) is 70.6 Å². The quantitative estimate of drug-likeness (QED) is 0.339. The zero-order valence-corrected chi connectivity index (χ0v) is 17.6. The minimum absolute atomic E-state index is 0.222. The van der Waals surface area contributed by atoms with E-state index < -0.39 is 8.32 Å². The monoisotopic (exact) mass is 366 g/mol. The molecule has 1 aromatic carbocycles. The van der Waals surface area contributed by atoms with E-state index in [4.69, 9.17) is 18.6 Å². The maximum Gasteiger partial charge on any atom is 0.192 e. The number of ether oxygens (including phenoxy) is 3. The standard InChI is InChI=1S/C20H34O4Si/c1-20(2,3)25(5,6)24-18(13-19-15-23-19)11-12-22-14-16-7-9-17(21-4)10-8-16/h7-10,18-19H,11-15H2,1-6H3/t18-,19?/m1/s1. The Morgan fingerprint density at radius 1 is 1.20 bits per heavy atom. The molecule has 25 heavy (non-hydrogen) atoms. The number of rotatable bonds is 10. The molecule has 5 heteroatoms. The fourth-order valence-corrected chi connectivity index (χ4v) is 3.84. The molecule has 0 aliphatic carbocycles. The van der Waals surface area contributed by atoms with E-state index in [1.165, 1.54) is 0 Å². The Hall–Kier alpha value is -0.883. The van der Waals surface area contributed by atoms with Gasteiger partial charge in [-0.25, -0.2) is 0 Å². The summed E-state index contributed by atoms with van der Waals surface area (Å²) in [5.41, 5.74) is 1.16. The Bertz CT molecular complexity index is 517. The molecule has 142 valence electrons. The van der Waals surface area contributed by atoms with Crippen molar-refractivity contribution in [3.63, 3.8) is 0 Å². The largest absolute Gasteiger partial charge is 0.497 e. The molecule has 1 unspecified atom stereocenters. The lowest BCUT2D eigenvalue weighted by Gasteiger charge is -2.39. The van der Waals surface area contributed by atoms with Gasteiger partial charge in [0.1, 0.15) is 5.75 Å². The van der Waals surface area contributed by atoms with Crippen LogP contribution in [0.5, 0.6) is 5.75 Å². The summed E-state index contributed by atoms with van der Waals surface area (Å²) in [6.07, 6.45) is 2.52. The number of epoxide rings is 1. The van der Waals surface area contributed by atoms with Gasteiger partial charge in [0, 0.05) is 19.1 Å². The highest BCUT2D eigenvalue weighted by Crippen LogP contribution is 2.38. The van der Waals surface area contributed by atoms with E-state index in [2.05, 4.69) is 33.9 Å². The van der Waals surface area contributed by atoms with Crippen LogP contribution in [-0.2, 0) is 20.5 Å². The molecule has 0 saturated carbocycles. The molecule has 0 aromatic heterocycles. The molecule has 1 saturated heterocycles. The summed E-state index contributed by atoms with van der Waals surface area (Å²) in [5.74, 6) is 0.871. The molecule has 0 N–H and O–H groups in total. The molecule has 1 aliphatic heterocycles. The van der Waals surface area contributed by atoms with E-state index in [-0.39, 0.29) is 11.1 Å². The Morgan fingerprint density at radius 3 is 2.36 bits per heavy atom. The minimum Gasteiger partial charge on any atom is -0.497 e. The number of hydrogen-bond acceptors (Lipinski definition) is 4. The van der Waals surface area contributed by atoms with Gasteiger partial charge in [0.15, 0.2) is 8.32 Å². The highest BCUT2D eigenvalue weighted by atomic mass is 28.4. The van der Waals surface area contributed by atoms with Gasteiger partial charge in [-0.1, -0.05) is 32.9 Å². The summed E-state index contributed by atoms with van der Waals surface area (Å²) in [4.78, 5) is 0. The van der Waals surface area contributed by atoms with Crippen molar-refractivity contribution in [1.29, 1.82) is 0 Å². The third kappa shape index (κ3) is 6.74. The average Bonchev–Trinajstić information content (AvgIpc) is 3.34. The fraction of sp³-hybridized carbons (Fsp3) is 0.700. The van der Waals surface area contributed by atoms with Gasteiger partial charge in [-0.3, -0.25) is 0 Å². The van der Waals surface area contributed by atoms with E-state index in [0.29, 0.717) is 19.3 Å². The fourth-order valence-electron chi connectivity index (χ4n) is 2.44. The third-order valence-corrected chi connectivity index (χ3v) is 9.74. The van der Waals surface area contributed by atoms with Gasteiger partial charge >= 0.3 is 0 Å². The van der Waals surface area contributed by atoms with Crippen molar-refractivity contribution < 1.29 is 18.6 Å². The zero-order valence-electron chi connectivity index (χ0n) is 16.6. The van der Waals surface area contributed by atoms with Crippen LogP contribution in [0.1, 0.15) is 39.2 Å². The molecule has 1 fully saturated rings. The van der Waals surface area contributed by atoms with Gasteiger partial charge in [-0.05, 0) is 42.2 Å². The second kappa shape index (κ2) is 8.67. The van der Waals surface area contributed by atoms with Crippen LogP contribution >= 0.6 is 0 Å². The van der Waals surface area contributed by atoms with Crippen LogP contribution in [0.2, 0.25) is 18.1 Å². The minimum atomic E-state index is -1.77. The smallest absolute Gasteiger partial charge is 0.192 e. The number of methoxy groups -OCH3 is 1. The van der Waals surface area contributed by atoms with Crippen LogP contribution in [0.25, 0.3) is 0 Å². The van der Waals surface area contributed by atoms with Crippen molar-refractivity contribution >= 4 is 8.32 Å². The topological polar surface area (TPSA) is 40.2 Å². The van der Waals surface area contributed by atoms with Crippen LogP contribution in [0.15, 0.2) is 24.3 Å². The van der Waals surface area contributed by atoms with Crippen molar-refractivity contribution in [2.24, 2.45) is 0 Å². The first-order valence-electron chi connectivity index (χ1n) is 9.21. The summed E-state index contributed by atoms with van der Waals surface area (Å²) in [5, 5.41) is 0.222. The molecule has 1 heterocycles. The normalized spacial score (nSPS) is 18.9. The molecule has 2 atom stereocenters. The highest BCUT2D eigenvalue weighted by Gasteiger charge is 2.40. The average molecular weight is 367 g/mol. The van der Waals surface area contributed by atoms with Crippen LogP contribution in [-0.4, -0.2) is 40.8 Å². The first-order valence-corrected chi connectivity index (χ1v) is 12.1. The van der Waals surface area contributed by atoms with E-state index >= 15 is 0 Å². The van der Waals surface area contributed by atoms with Crippen molar-refractivity contribution in [1.82, 2.24) is 0 Å². The van der Waals surface area contributed by atoms with Crippen LogP contribution in [0.3, 0.4) is 0 Å². The van der Waals surface area contributed by atoms with Crippen molar-refractivity contribution in [3.05, 3.63) is 29.8 Å². The maximum absolute atomic E-state index is 6.60. The van der Waals surface area contributed by atoms with Crippen molar-refractivity contribution in [3.8, 4) is 5.75 Å². The molecular formula is C20H34O4Si. The van der Waals surface area contributed by atoms with Gasteiger partial charge < -0.3 is 18.6 Å². The molecule has 0 radical (unpaired) electrons. The predicted molar refractivity (Wildman–Crippen MR) is 104 cm³/mol. The Balaban J connectivity index is 1.79. The molecule has 0 bridgehead atoms. The number of benzene rings is 1. The Labute approximate surface area is 153 Å². The molecular weight excluding hydrogens is 332 g/mol. The molecule has 0 spiro atoms. The summed E-state index contributed by atoms with van der Waals surface area (Å²) in [6, 6.07) is 8.01. The SMILES string of the molecule is COc1ccc(COCC[C@H](CC2CO2)O[Si](C)(C)C(C)(C)C)cc1. The summed E-state index contributed by atoms with van der Waals surface area (Å²) in [7, 11) is -0.0885. The lowest BCUT2D eigenvalue weighted by molar-refractivity contribution is 0.0710. The van der Waals surface area contributed by atoms with E-state index in [0.717, 1.165) is 30.8 Å². The van der Waals surface area contributed by atoms with Gasteiger partial charge in [0.25, 0.3) is 0 Å². The number of hydrogen-bond donors (Lipinski definition) is 0. The molecule has 2 rings (SSSR count). The van der Waals surface area contributed by atoms with Crippen molar-refractivity contribution in [2.75, 3.05) is 20.3 Å². The Kier molecular flexibility index (Phi) is 7.08. The molecule has 1 aromatic rings. The molecule has 1 aliphatic rings. The van der Waals surface area contributed by atoms with Gasteiger partial charge in [-0.15, -0.1) is 0 Å². The zero-order chi connectivity index (χ0) is 18.5. The highest BCUT2D eigenvalue weighted by molar-refractivity contribution is 6.74. The molecule has 4 nitrogen and oxygen atoms in total. The maximum atomic E-state index is 6.60. The summed E-state index contributed by atoms with van der Waals surface area (Å²) < 4.78 is 23.1. The van der Waals surface area contributed by atoms with Crippen LogP contribution < -0.4 is 4.74 Å². The van der Waals surface area contributed by atoms with Crippen LogP contribution in [0.4, 0.5) is 0 Å². The molecule has 0 amide bonds. The second-order valence-corrected chi connectivity index (χ2v) is 13.1. The predicted octanol–water partition coefficient (Wildman–Crippen LogP) is 4.78. The van der Waals surface area contributed by atoms with E-state index in [1.54, 1.807) is 7.11 Å². The second-order valence-electron chi connectivity index (χ2n) is 8.38. The van der Waals surface area contributed by atoms with Gasteiger partial charge in [0.05, 0.1) is 26.4 Å². The third-order valence-electron chi connectivity index (χ3n) is 5.21. The van der Waals surface area contributed by atoms with E-state index in [9.17, 15) is 0 Å². The first-order chi connectivity index (χ1) is 11.7. The lowest BCUT2D eigenvalue weighted by atomic mass is 10.1. The van der Waals surface area contributed by atoms with Gasteiger partial charge in [-0.2, -0.15) is 0 Å². The van der Waals surface area contributed by atoms with E-state index in [1.807, 2.05) is 24.3 Å². The summed E-state index contributed by atoms with van der Waals surface area (Å²) in [6.45, 7) is 13.7.